The molecule has 29 heavy (non-hydrogen) atoms. The lowest BCUT2D eigenvalue weighted by Gasteiger charge is -2.15. The molecule has 0 amide bonds. The monoisotopic (exact) mass is 424 g/mol. The van der Waals surface area contributed by atoms with Crippen LogP contribution in [0.3, 0.4) is 0 Å². The van der Waals surface area contributed by atoms with Gasteiger partial charge in [0.15, 0.2) is 10.9 Å². The van der Waals surface area contributed by atoms with E-state index in [0.29, 0.717) is 32.4 Å². The van der Waals surface area contributed by atoms with Gasteiger partial charge in [-0.3, -0.25) is 14.2 Å². The number of hydrogen-bond donors (Lipinski definition) is 0. The summed E-state index contributed by atoms with van der Waals surface area (Å²) in [4.78, 5) is 30.6. The summed E-state index contributed by atoms with van der Waals surface area (Å²) in [5, 5.41) is 1.14. The first-order valence-corrected chi connectivity index (χ1v) is 10.3. The first-order valence-electron chi connectivity index (χ1n) is 9.01. The molecule has 2 aromatic heterocycles. The third kappa shape index (κ3) is 4.13. The van der Waals surface area contributed by atoms with Gasteiger partial charge in [0.1, 0.15) is 5.76 Å². The fraction of sp³-hybridized carbons (Fsp3) is 0.136. The molecule has 0 spiro atoms. The fourth-order valence-electron chi connectivity index (χ4n) is 3.00. The number of ketones is 1. The highest BCUT2D eigenvalue weighted by Gasteiger charge is 2.21. The summed E-state index contributed by atoms with van der Waals surface area (Å²) in [6, 6.07) is 17.5. The van der Waals surface area contributed by atoms with Crippen LogP contribution in [0.25, 0.3) is 10.9 Å². The molecule has 0 aliphatic carbocycles. The van der Waals surface area contributed by atoms with Crippen molar-refractivity contribution in [1.82, 2.24) is 9.55 Å². The van der Waals surface area contributed by atoms with Gasteiger partial charge >= 0.3 is 0 Å². The number of hydrogen-bond acceptors (Lipinski definition) is 5. The van der Waals surface area contributed by atoms with Gasteiger partial charge in [0, 0.05) is 10.6 Å². The molecule has 0 bridgehead atoms. The number of benzene rings is 2. The largest absolute Gasteiger partial charge is 0.467 e. The van der Waals surface area contributed by atoms with Crippen molar-refractivity contribution < 1.29 is 9.21 Å². The van der Waals surface area contributed by atoms with Crippen molar-refractivity contribution in [1.29, 1.82) is 0 Å². The Morgan fingerprint density at radius 2 is 1.90 bits per heavy atom. The van der Waals surface area contributed by atoms with Crippen LogP contribution < -0.4 is 5.56 Å². The summed E-state index contributed by atoms with van der Waals surface area (Å²) < 4.78 is 6.97. The Morgan fingerprint density at radius 3 is 2.62 bits per heavy atom. The zero-order valence-corrected chi connectivity index (χ0v) is 17.1. The van der Waals surface area contributed by atoms with Crippen molar-refractivity contribution in [3.8, 4) is 0 Å². The van der Waals surface area contributed by atoms with Gasteiger partial charge in [-0.1, -0.05) is 35.5 Å². The Morgan fingerprint density at radius 1 is 1.14 bits per heavy atom. The maximum absolute atomic E-state index is 13.1. The molecule has 4 rings (SSSR count). The molecule has 0 radical (unpaired) electrons. The summed E-state index contributed by atoms with van der Waals surface area (Å²) in [5.74, 6) is 0.585. The van der Waals surface area contributed by atoms with Gasteiger partial charge in [0.05, 0.1) is 29.0 Å². The van der Waals surface area contributed by atoms with E-state index in [2.05, 4.69) is 4.98 Å². The van der Waals surface area contributed by atoms with Crippen LogP contribution in [-0.4, -0.2) is 20.6 Å². The molecule has 5 nitrogen and oxygen atoms in total. The minimum atomic E-state index is -0.438. The fourth-order valence-corrected chi connectivity index (χ4v) is 4.11. The van der Waals surface area contributed by atoms with E-state index in [4.69, 9.17) is 16.0 Å². The van der Waals surface area contributed by atoms with E-state index in [1.54, 1.807) is 66.3 Å². The topological polar surface area (TPSA) is 65.1 Å². The average molecular weight is 425 g/mol. The Balaban J connectivity index is 1.72. The zero-order valence-electron chi connectivity index (χ0n) is 15.5. The highest BCUT2D eigenvalue weighted by atomic mass is 35.5. The summed E-state index contributed by atoms with van der Waals surface area (Å²) >= 11 is 7.17. The number of carbonyl (C=O) groups excluding carboxylic acids is 1. The Kier molecular flexibility index (Phi) is 5.56. The van der Waals surface area contributed by atoms with Gasteiger partial charge in [0.25, 0.3) is 5.56 Å². The number of nitrogens with zero attached hydrogens (tertiary/aromatic N) is 2. The molecule has 4 aromatic rings. The molecule has 1 unspecified atom stereocenters. The lowest BCUT2D eigenvalue weighted by atomic mass is 10.1. The molecule has 7 heteroatoms. The molecular formula is C22H17ClN2O3S. The highest BCUT2D eigenvalue weighted by molar-refractivity contribution is 8.00. The summed E-state index contributed by atoms with van der Waals surface area (Å²) in [5.41, 5.74) is 0.998. The molecule has 0 fully saturated rings. The molecule has 0 aliphatic rings. The molecule has 146 valence electrons. The van der Waals surface area contributed by atoms with Crippen LogP contribution in [0.2, 0.25) is 5.02 Å². The molecule has 0 aliphatic heterocycles. The number of aromatic nitrogens is 2. The van der Waals surface area contributed by atoms with E-state index >= 15 is 0 Å². The molecule has 1 atom stereocenters. The number of rotatable bonds is 6. The minimum Gasteiger partial charge on any atom is -0.467 e. The lowest BCUT2D eigenvalue weighted by Crippen LogP contribution is -2.25. The van der Waals surface area contributed by atoms with Crippen LogP contribution in [0.1, 0.15) is 23.0 Å². The van der Waals surface area contributed by atoms with E-state index in [1.165, 1.54) is 11.8 Å². The summed E-state index contributed by atoms with van der Waals surface area (Å²) in [6.45, 7) is 2.05. The van der Waals surface area contributed by atoms with Gasteiger partial charge in [0.2, 0.25) is 0 Å². The number of carbonyl (C=O) groups is 1. The smallest absolute Gasteiger partial charge is 0.262 e. The Hall–Kier alpha value is -2.83. The van der Waals surface area contributed by atoms with E-state index in [0.717, 1.165) is 0 Å². The number of furan rings is 1. The third-order valence-electron chi connectivity index (χ3n) is 4.50. The quantitative estimate of drug-likeness (QED) is 0.246. The second kappa shape index (κ2) is 8.27. The van der Waals surface area contributed by atoms with Crippen LogP contribution in [0, 0.1) is 0 Å². The highest BCUT2D eigenvalue weighted by Crippen LogP contribution is 2.26. The molecule has 2 aromatic carbocycles. The van der Waals surface area contributed by atoms with Gasteiger partial charge < -0.3 is 4.42 Å². The maximum atomic E-state index is 13.1. The Bertz CT molecular complexity index is 1220. The van der Waals surface area contributed by atoms with Crippen molar-refractivity contribution >= 4 is 40.0 Å². The maximum Gasteiger partial charge on any atom is 0.262 e. The zero-order chi connectivity index (χ0) is 20.4. The number of thioether (sulfide) groups is 1. The van der Waals surface area contributed by atoms with Crippen LogP contribution in [0.15, 0.2) is 81.3 Å². The molecule has 0 N–H and O–H groups in total. The van der Waals surface area contributed by atoms with Crippen LogP contribution in [0.4, 0.5) is 0 Å². The minimum absolute atomic E-state index is 0.0568. The normalized spacial score (nSPS) is 12.2. The molecular weight excluding hydrogens is 408 g/mol. The lowest BCUT2D eigenvalue weighted by molar-refractivity contribution is 0.0994. The van der Waals surface area contributed by atoms with Gasteiger partial charge in [-0.15, -0.1) is 0 Å². The second-order valence-electron chi connectivity index (χ2n) is 6.51. The first kappa shape index (κ1) is 19.5. The predicted molar refractivity (Wildman–Crippen MR) is 115 cm³/mol. The van der Waals surface area contributed by atoms with Gasteiger partial charge in [-0.25, -0.2) is 4.98 Å². The van der Waals surface area contributed by atoms with Gasteiger partial charge in [-0.2, -0.15) is 0 Å². The van der Waals surface area contributed by atoms with E-state index < -0.39 is 5.25 Å². The predicted octanol–water partition coefficient (Wildman–Crippen LogP) is 5.05. The van der Waals surface area contributed by atoms with Crippen LogP contribution in [-0.2, 0) is 6.54 Å². The summed E-state index contributed by atoms with van der Waals surface area (Å²) in [6.07, 6.45) is 1.56. The van der Waals surface area contributed by atoms with Gasteiger partial charge in [-0.05, 0) is 55.5 Å². The Labute approximate surface area is 176 Å². The van der Waals surface area contributed by atoms with E-state index in [-0.39, 0.29) is 17.9 Å². The van der Waals surface area contributed by atoms with Crippen molar-refractivity contribution in [2.75, 3.05) is 0 Å². The van der Waals surface area contributed by atoms with Crippen molar-refractivity contribution in [2.24, 2.45) is 0 Å². The van der Waals surface area contributed by atoms with E-state index in [1.807, 2.05) is 12.1 Å². The van der Waals surface area contributed by atoms with Crippen molar-refractivity contribution in [3.63, 3.8) is 0 Å². The van der Waals surface area contributed by atoms with Crippen LogP contribution in [0.5, 0.6) is 0 Å². The van der Waals surface area contributed by atoms with Crippen molar-refractivity contribution in [3.05, 3.63) is 93.6 Å². The van der Waals surface area contributed by atoms with Crippen LogP contribution >= 0.6 is 23.4 Å². The first-order chi connectivity index (χ1) is 14.0. The standard InChI is InChI=1S/C22H17ClN2O3S/c1-14(20(26)15-8-10-16(23)11-9-15)29-22-24-19-7-3-2-6-18(19)21(27)25(22)13-17-5-4-12-28-17/h2-12,14H,13H2,1H3. The SMILES string of the molecule is CC(Sc1nc2ccccc2c(=O)n1Cc1ccco1)C(=O)c1ccc(Cl)cc1. The third-order valence-corrected chi connectivity index (χ3v) is 5.84. The number of para-hydroxylation sites is 1. The molecule has 0 saturated heterocycles. The number of Topliss-reactive ketones (excluding diaryl/α,β-unsaturated/α-hetero) is 1. The van der Waals surface area contributed by atoms with E-state index in [9.17, 15) is 9.59 Å². The molecule has 0 saturated carbocycles. The summed E-state index contributed by atoms with van der Waals surface area (Å²) in [7, 11) is 0. The molecule has 2 heterocycles. The second-order valence-corrected chi connectivity index (χ2v) is 8.26. The number of halogens is 1. The number of fused-ring (bicyclic) bond motifs is 1. The average Bonchev–Trinajstić information content (AvgIpc) is 3.24. The van der Waals surface area contributed by atoms with Crippen molar-refractivity contribution in [2.45, 2.75) is 23.9 Å².